The number of allylic oxidation sites excluding steroid dienone is 1. The highest BCUT2D eigenvalue weighted by atomic mass is 16.5. The zero-order chi connectivity index (χ0) is 17.3. The Morgan fingerprint density at radius 1 is 0.960 bits per heavy atom. The molecule has 2 aromatic carbocycles. The van der Waals surface area contributed by atoms with Gasteiger partial charge < -0.3 is 4.74 Å². The number of rotatable bonds is 9. The molecule has 0 fully saturated rings. The fourth-order valence-electron chi connectivity index (χ4n) is 2.79. The van der Waals surface area contributed by atoms with Crippen molar-refractivity contribution in [1.29, 1.82) is 0 Å². The molecule has 4 heteroatoms. The second-order valence-corrected chi connectivity index (χ2v) is 6.15. The molecule has 0 unspecified atom stereocenters. The predicted molar refractivity (Wildman–Crippen MR) is 102 cm³/mol. The van der Waals surface area contributed by atoms with Crippen molar-refractivity contribution in [3.63, 3.8) is 0 Å². The van der Waals surface area contributed by atoms with Crippen LogP contribution in [0.15, 0.2) is 60.7 Å². The zero-order valence-electron chi connectivity index (χ0n) is 14.8. The maximum atomic E-state index is 6.12. The minimum Gasteiger partial charge on any atom is -0.439 e. The van der Waals surface area contributed by atoms with Gasteiger partial charge in [-0.3, -0.25) is 0 Å². The first kappa shape index (κ1) is 17.2. The number of para-hydroxylation sites is 2. The molecule has 3 aromatic rings. The first-order valence-electron chi connectivity index (χ1n) is 9.12. The van der Waals surface area contributed by atoms with Crippen LogP contribution in [-0.4, -0.2) is 15.0 Å². The lowest BCUT2D eigenvalue weighted by Crippen LogP contribution is -2.06. The van der Waals surface area contributed by atoms with Crippen LogP contribution in [0.1, 0.15) is 45.4 Å². The highest BCUT2D eigenvalue weighted by Gasteiger charge is 2.10. The van der Waals surface area contributed by atoms with Gasteiger partial charge in [0, 0.05) is 0 Å². The molecule has 0 saturated carbocycles. The summed E-state index contributed by atoms with van der Waals surface area (Å²) < 4.78 is 7.90. The molecular weight excluding hydrogens is 310 g/mol. The molecule has 4 nitrogen and oxygen atoms in total. The maximum absolute atomic E-state index is 6.12. The molecule has 25 heavy (non-hydrogen) atoms. The van der Waals surface area contributed by atoms with E-state index in [4.69, 9.17) is 4.74 Å². The standard InChI is InChI=1S/C21H25N3O/c1-2-3-4-5-6-10-17-21(25-18-13-8-7-9-14-18)24-20-16-12-11-15-19(20)22-23-24/h7-9,11-17H,2-6,10H2,1H3/b21-17-. The third-order valence-electron chi connectivity index (χ3n) is 4.15. The molecule has 0 saturated heterocycles. The minimum atomic E-state index is 0.718. The van der Waals surface area contributed by atoms with Crippen LogP contribution < -0.4 is 4.74 Å². The van der Waals surface area contributed by atoms with Gasteiger partial charge in [0.05, 0.1) is 5.52 Å². The van der Waals surface area contributed by atoms with Crippen LogP contribution in [0.2, 0.25) is 0 Å². The van der Waals surface area contributed by atoms with Crippen LogP contribution >= 0.6 is 0 Å². The highest BCUT2D eigenvalue weighted by molar-refractivity contribution is 5.77. The molecule has 1 aromatic heterocycles. The average Bonchev–Trinajstić information content (AvgIpc) is 3.08. The Bertz CT molecular complexity index is 808. The Labute approximate surface area is 149 Å². The smallest absolute Gasteiger partial charge is 0.218 e. The van der Waals surface area contributed by atoms with E-state index in [1.165, 1.54) is 25.7 Å². The van der Waals surface area contributed by atoms with Gasteiger partial charge in [-0.15, -0.1) is 5.10 Å². The van der Waals surface area contributed by atoms with Crippen LogP contribution in [0, 0.1) is 0 Å². The van der Waals surface area contributed by atoms with Crippen LogP contribution in [0.3, 0.4) is 0 Å². The van der Waals surface area contributed by atoms with Crippen LogP contribution in [-0.2, 0) is 0 Å². The monoisotopic (exact) mass is 335 g/mol. The lowest BCUT2D eigenvalue weighted by Gasteiger charge is -2.10. The van der Waals surface area contributed by atoms with Gasteiger partial charge in [-0.25, -0.2) is 0 Å². The van der Waals surface area contributed by atoms with E-state index < -0.39 is 0 Å². The second-order valence-electron chi connectivity index (χ2n) is 6.15. The van der Waals surface area contributed by atoms with E-state index in [9.17, 15) is 0 Å². The lowest BCUT2D eigenvalue weighted by atomic mass is 10.1. The maximum Gasteiger partial charge on any atom is 0.218 e. The molecule has 0 aliphatic heterocycles. The van der Waals surface area contributed by atoms with E-state index >= 15 is 0 Å². The number of benzene rings is 2. The summed E-state index contributed by atoms with van der Waals surface area (Å²) in [6.07, 6.45) is 9.38. The summed E-state index contributed by atoms with van der Waals surface area (Å²) in [7, 11) is 0. The summed E-state index contributed by atoms with van der Waals surface area (Å²) in [5.74, 6) is 1.52. The Hall–Kier alpha value is -2.62. The van der Waals surface area contributed by atoms with E-state index in [-0.39, 0.29) is 0 Å². The fraction of sp³-hybridized carbons (Fsp3) is 0.333. The molecule has 0 aliphatic carbocycles. The third kappa shape index (κ3) is 4.69. The van der Waals surface area contributed by atoms with Crippen molar-refractivity contribution in [2.24, 2.45) is 0 Å². The second kappa shape index (κ2) is 9.02. The molecule has 0 radical (unpaired) electrons. The van der Waals surface area contributed by atoms with Crippen LogP contribution in [0.25, 0.3) is 16.9 Å². The number of fused-ring (bicyclic) bond motifs is 1. The topological polar surface area (TPSA) is 39.9 Å². The predicted octanol–water partition coefficient (Wildman–Crippen LogP) is 5.67. The lowest BCUT2D eigenvalue weighted by molar-refractivity contribution is 0.463. The molecule has 0 aliphatic rings. The molecular formula is C21H25N3O. The van der Waals surface area contributed by atoms with Crippen molar-refractivity contribution in [2.45, 2.75) is 45.4 Å². The SMILES string of the molecule is CCCCCCC/C=C(\Oc1ccccc1)n1nnc2ccccc21. The largest absolute Gasteiger partial charge is 0.439 e. The van der Waals surface area contributed by atoms with Crippen molar-refractivity contribution in [2.75, 3.05) is 0 Å². The number of aromatic nitrogens is 3. The first-order chi connectivity index (χ1) is 12.4. The Morgan fingerprint density at radius 3 is 2.56 bits per heavy atom. The Kier molecular flexibility index (Phi) is 6.21. The number of hydrogen-bond acceptors (Lipinski definition) is 3. The van der Waals surface area contributed by atoms with E-state index in [2.05, 4.69) is 23.3 Å². The number of hydrogen-bond donors (Lipinski definition) is 0. The molecule has 130 valence electrons. The zero-order valence-corrected chi connectivity index (χ0v) is 14.8. The van der Waals surface area contributed by atoms with Crippen LogP contribution in [0.5, 0.6) is 5.75 Å². The van der Waals surface area contributed by atoms with Gasteiger partial charge >= 0.3 is 0 Å². The molecule has 0 N–H and O–H groups in total. The van der Waals surface area contributed by atoms with E-state index in [0.29, 0.717) is 0 Å². The summed E-state index contributed by atoms with van der Waals surface area (Å²) >= 11 is 0. The van der Waals surface area contributed by atoms with Crippen molar-refractivity contribution in [1.82, 2.24) is 15.0 Å². The quantitative estimate of drug-likeness (QED) is 0.374. The first-order valence-corrected chi connectivity index (χ1v) is 9.12. The van der Waals surface area contributed by atoms with E-state index in [0.717, 1.165) is 35.5 Å². The van der Waals surface area contributed by atoms with Gasteiger partial charge in [0.25, 0.3) is 0 Å². The summed E-state index contributed by atoms with van der Waals surface area (Å²) in [4.78, 5) is 0. The fourth-order valence-corrected chi connectivity index (χ4v) is 2.79. The van der Waals surface area contributed by atoms with Gasteiger partial charge in [-0.1, -0.05) is 68.2 Å². The van der Waals surface area contributed by atoms with Gasteiger partial charge in [0.15, 0.2) is 0 Å². The molecule has 0 bridgehead atoms. The van der Waals surface area contributed by atoms with E-state index in [1.54, 1.807) is 4.68 Å². The van der Waals surface area contributed by atoms with Crippen LogP contribution in [0.4, 0.5) is 0 Å². The van der Waals surface area contributed by atoms with E-state index in [1.807, 2.05) is 54.6 Å². The van der Waals surface area contributed by atoms with Crippen molar-refractivity contribution < 1.29 is 4.74 Å². The third-order valence-corrected chi connectivity index (χ3v) is 4.15. The molecule has 0 atom stereocenters. The molecule has 0 amide bonds. The normalized spacial score (nSPS) is 11.8. The Balaban J connectivity index is 1.79. The van der Waals surface area contributed by atoms with Gasteiger partial charge in [0.2, 0.25) is 5.88 Å². The average molecular weight is 335 g/mol. The van der Waals surface area contributed by atoms with Gasteiger partial charge in [-0.2, -0.15) is 4.68 Å². The number of nitrogens with zero attached hydrogens (tertiary/aromatic N) is 3. The summed E-state index contributed by atoms with van der Waals surface area (Å²) in [5.41, 5.74) is 1.82. The van der Waals surface area contributed by atoms with Gasteiger partial charge in [0.1, 0.15) is 11.3 Å². The number of unbranched alkanes of at least 4 members (excludes halogenated alkanes) is 5. The highest BCUT2D eigenvalue weighted by Crippen LogP contribution is 2.20. The summed E-state index contributed by atoms with van der Waals surface area (Å²) in [5, 5.41) is 8.54. The summed E-state index contributed by atoms with van der Waals surface area (Å²) in [6.45, 7) is 2.24. The minimum absolute atomic E-state index is 0.718. The molecule has 3 rings (SSSR count). The van der Waals surface area contributed by atoms with Crippen molar-refractivity contribution >= 4 is 16.9 Å². The van der Waals surface area contributed by atoms with Gasteiger partial charge in [-0.05, 0) is 43.2 Å². The van der Waals surface area contributed by atoms with Crippen molar-refractivity contribution in [3.05, 3.63) is 60.7 Å². The van der Waals surface area contributed by atoms with Crippen molar-refractivity contribution in [3.8, 4) is 5.75 Å². The molecule has 0 spiro atoms. The summed E-state index contributed by atoms with van der Waals surface area (Å²) in [6, 6.07) is 17.8. The molecule has 1 heterocycles. The Morgan fingerprint density at radius 2 is 1.72 bits per heavy atom. The number of ether oxygens (including phenoxy) is 1.